The van der Waals surface area contributed by atoms with E-state index in [0.717, 1.165) is 12.0 Å². The number of aryl methyl sites for hydroxylation is 1. The van der Waals surface area contributed by atoms with Crippen molar-refractivity contribution < 1.29 is 19.1 Å². The maximum atomic E-state index is 11.6. The molecule has 23 heavy (non-hydrogen) atoms. The summed E-state index contributed by atoms with van der Waals surface area (Å²) >= 11 is 0. The number of carbonyl (C=O) groups is 2. The van der Waals surface area contributed by atoms with Crippen molar-refractivity contribution in [3.8, 4) is 0 Å². The summed E-state index contributed by atoms with van der Waals surface area (Å²) in [4.78, 5) is 22.8. The molecule has 0 N–H and O–H groups in total. The fourth-order valence-corrected chi connectivity index (χ4v) is 2.05. The minimum atomic E-state index is -0.470. The summed E-state index contributed by atoms with van der Waals surface area (Å²) in [5.41, 5.74) is 2.76. The molecule has 4 heteroatoms. The summed E-state index contributed by atoms with van der Waals surface area (Å²) in [6.45, 7) is 9.56. The summed E-state index contributed by atoms with van der Waals surface area (Å²) in [5, 5.41) is 0. The van der Waals surface area contributed by atoms with E-state index in [1.54, 1.807) is 6.92 Å². The lowest BCUT2D eigenvalue weighted by Gasteiger charge is -2.07. The molecule has 0 amide bonds. The molecule has 0 saturated carbocycles. The zero-order valence-corrected chi connectivity index (χ0v) is 14.3. The molecule has 0 atom stereocenters. The van der Waals surface area contributed by atoms with Gasteiger partial charge >= 0.3 is 11.9 Å². The second-order valence-electron chi connectivity index (χ2n) is 6.05. The van der Waals surface area contributed by atoms with Gasteiger partial charge < -0.3 is 9.47 Å². The van der Waals surface area contributed by atoms with Crippen molar-refractivity contribution >= 4 is 11.9 Å². The molecule has 0 saturated heterocycles. The van der Waals surface area contributed by atoms with Crippen molar-refractivity contribution in [1.29, 1.82) is 0 Å². The van der Waals surface area contributed by atoms with Gasteiger partial charge in [0.25, 0.3) is 0 Å². The Bertz CT molecular complexity index is 529. The molecule has 0 aliphatic heterocycles. The average Bonchev–Trinajstić information content (AvgIpc) is 2.50. The Morgan fingerprint density at radius 2 is 1.61 bits per heavy atom. The number of benzene rings is 1. The van der Waals surface area contributed by atoms with Crippen molar-refractivity contribution in [2.75, 3.05) is 13.2 Å². The maximum Gasteiger partial charge on any atom is 0.333 e. The molecule has 1 rings (SSSR count). The third-order valence-electron chi connectivity index (χ3n) is 3.21. The van der Waals surface area contributed by atoms with Crippen LogP contribution in [-0.2, 0) is 31.9 Å². The third kappa shape index (κ3) is 8.19. The van der Waals surface area contributed by atoms with Gasteiger partial charge in [-0.2, -0.15) is 0 Å². The van der Waals surface area contributed by atoms with E-state index < -0.39 is 5.97 Å². The van der Waals surface area contributed by atoms with E-state index in [4.69, 9.17) is 9.47 Å². The van der Waals surface area contributed by atoms with Gasteiger partial charge in [-0.15, -0.1) is 0 Å². The molecule has 0 aliphatic carbocycles. The van der Waals surface area contributed by atoms with Crippen LogP contribution >= 0.6 is 0 Å². The Kier molecular flexibility index (Phi) is 8.09. The van der Waals surface area contributed by atoms with Gasteiger partial charge in [-0.05, 0) is 36.8 Å². The van der Waals surface area contributed by atoms with E-state index in [2.05, 4.69) is 44.7 Å². The summed E-state index contributed by atoms with van der Waals surface area (Å²) in [5.74, 6) is -0.125. The standard InChI is InChI=1S/C19H26O4/c1-14(2)13-17-7-5-16(6-8-17)9-10-18(20)22-11-12-23-19(21)15(3)4/h5-8,14H,3,9-13H2,1-2,4H3. The fourth-order valence-electron chi connectivity index (χ4n) is 2.05. The van der Waals surface area contributed by atoms with Crippen LogP contribution in [0, 0.1) is 5.92 Å². The fraction of sp³-hybridized carbons (Fsp3) is 0.474. The first kappa shape index (κ1) is 18.9. The van der Waals surface area contributed by atoms with E-state index in [0.29, 0.717) is 24.3 Å². The van der Waals surface area contributed by atoms with Crippen LogP contribution in [-0.4, -0.2) is 25.2 Å². The summed E-state index contributed by atoms with van der Waals surface area (Å²) in [6, 6.07) is 8.33. The maximum absolute atomic E-state index is 11.6. The molecule has 1 aromatic rings. The molecule has 0 bridgehead atoms. The SMILES string of the molecule is C=C(C)C(=O)OCCOC(=O)CCc1ccc(CC(C)C)cc1. The normalized spacial score (nSPS) is 10.4. The lowest BCUT2D eigenvalue weighted by molar-refractivity contribution is -0.150. The molecule has 0 fully saturated rings. The van der Waals surface area contributed by atoms with Gasteiger partial charge in [-0.25, -0.2) is 4.79 Å². The molecule has 0 aromatic heterocycles. The number of esters is 2. The van der Waals surface area contributed by atoms with Gasteiger partial charge in [0, 0.05) is 12.0 Å². The van der Waals surface area contributed by atoms with Crippen LogP contribution in [0.1, 0.15) is 38.3 Å². The van der Waals surface area contributed by atoms with E-state index >= 15 is 0 Å². The summed E-state index contributed by atoms with van der Waals surface area (Å²) in [7, 11) is 0. The van der Waals surface area contributed by atoms with Gasteiger partial charge in [-0.1, -0.05) is 44.7 Å². The molecule has 0 unspecified atom stereocenters. The zero-order chi connectivity index (χ0) is 17.2. The van der Waals surface area contributed by atoms with E-state index in [9.17, 15) is 9.59 Å². The first-order valence-electron chi connectivity index (χ1n) is 7.94. The smallest absolute Gasteiger partial charge is 0.333 e. The van der Waals surface area contributed by atoms with Crippen molar-refractivity contribution in [2.45, 2.75) is 40.0 Å². The van der Waals surface area contributed by atoms with E-state index in [-0.39, 0.29) is 19.2 Å². The van der Waals surface area contributed by atoms with Gasteiger partial charge in [0.05, 0.1) is 0 Å². The van der Waals surface area contributed by atoms with Gasteiger partial charge in [-0.3, -0.25) is 4.79 Å². The van der Waals surface area contributed by atoms with Crippen LogP contribution in [0.5, 0.6) is 0 Å². The highest BCUT2D eigenvalue weighted by Gasteiger charge is 2.06. The molecule has 4 nitrogen and oxygen atoms in total. The third-order valence-corrected chi connectivity index (χ3v) is 3.21. The number of carbonyl (C=O) groups excluding carboxylic acids is 2. The highest BCUT2D eigenvalue weighted by Crippen LogP contribution is 2.11. The first-order valence-corrected chi connectivity index (χ1v) is 7.94. The van der Waals surface area contributed by atoms with Crippen LogP contribution in [0.15, 0.2) is 36.4 Å². The number of hydrogen-bond donors (Lipinski definition) is 0. The lowest BCUT2D eigenvalue weighted by Crippen LogP contribution is -2.14. The number of rotatable bonds is 9. The average molecular weight is 318 g/mol. The first-order chi connectivity index (χ1) is 10.9. The largest absolute Gasteiger partial charge is 0.462 e. The minimum Gasteiger partial charge on any atom is -0.462 e. The molecule has 126 valence electrons. The van der Waals surface area contributed by atoms with Crippen LogP contribution < -0.4 is 0 Å². The van der Waals surface area contributed by atoms with Crippen LogP contribution in [0.2, 0.25) is 0 Å². The van der Waals surface area contributed by atoms with Gasteiger partial charge in [0.15, 0.2) is 0 Å². The molecule has 0 aliphatic rings. The topological polar surface area (TPSA) is 52.6 Å². The van der Waals surface area contributed by atoms with E-state index in [1.165, 1.54) is 5.56 Å². The quantitative estimate of drug-likeness (QED) is 0.397. The molecule has 1 aromatic carbocycles. The predicted octanol–water partition coefficient (Wildman–Crippen LogP) is 3.48. The Morgan fingerprint density at radius 1 is 1.04 bits per heavy atom. The Morgan fingerprint density at radius 3 is 2.17 bits per heavy atom. The monoisotopic (exact) mass is 318 g/mol. The Labute approximate surface area is 138 Å². The Hall–Kier alpha value is -2.10. The van der Waals surface area contributed by atoms with Crippen molar-refractivity contribution in [2.24, 2.45) is 5.92 Å². The van der Waals surface area contributed by atoms with Crippen LogP contribution in [0.4, 0.5) is 0 Å². The summed E-state index contributed by atoms with van der Waals surface area (Å²) in [6.07, 6.45) is 2.02. The van der Waals surface area contributed by atoms with Crippen LogP contribution in [0.25, 0.3) is 0 Å². The minimum absolute atomic E-state index is 0.0569. The Balaban J connectivity index is 2.23. The second kappa shape index (κ2) is 9.82. The molecular formula is C19H26O4. The highest BCUT2D eigenvalue weighted by molar-refractivity contribution is 5.86. The van der Waals surface area contributed by atoms with Crippen molar-refractivity contribution in [3.63, 3.8) is 0 Å². The van der Waals surface area contributed by atoms with Crippen LogP contribution in [0.3, 0.4) is 0 Å². The molecule has 0 heterocycles. The summed E-state index contributed by atoms with van der Waals surface area (Å²) < 4.78 is 9.87. The lowest BCUT2D eigenvalue weighted by atomic mass is 10.0. The van der Waals surface area contributed by atoms with Gasteiger partial charge in [0.2, 0.25) is 0 Å². The van der Waals surface area contributed by atoms with E-state index in [1.807, 2.05) is 0 Å². The zero-order valence-electron chi connectivity index (χ0n) is 14.3. The molecule has 0 radical (unpaired) electrons. The highest BCUT2D eigenvalue weighted by atomic mass is 16.6. The van der Waals surface area contributed by atoms with Gasteiger partial charge in [0.1, 0.15) is 13.2 Å². The predicted molar refractivity (Wildman–Crippen MR) is 90.0 cm³/mol. The number of ether oxygens (including phenoxy) is 2. The molecular weight excluding hydrogens is 292 g/mol. The molecule has 0 spiro atoms. The number of hydrogen-bond acceptors (Lipinski definition) is 4. The van der Waals surface area contributed by atoms with Crippen molar-refractivity contribution in [3.05, 3.63) is 47.5 Å². The second-order valence-corrected chi connectivity index (χ2v) is 6.05. The van der Waals surface area contributed by atoms with Crippen molar-refractivity contribution in [1.82, 2.24) is 0 Å².